The molecule has 25 heavy (non-hydrogen) atoms. The van der Waals surface area contributed by atoms with Crippen LogP contribution in [-0.2, 0) is 9.59 Å². The molecule has 0 saturated heterocycles. The maximum Gasteiger partial charge on any atom is 0.328 e. The number of carboxylic acids is 1. The zero-order chi connectivity index (χ0) is 19.1. The SMILES string of the molecule is CC[C@H](N)c1nnc([C@H](CC(N)=O)NC(=O)N[C@H](C(=O)O)C(C)O)o1. The summed E-state index contributed by atoms with van der Waals surface area (Å²) in [7, 11) is 0. The van der Waals surface area contributed by atoms with Gasteiger partial charge in [0.2, 0.25) is 17.7 Å². The highest BCUT2D eigenvalue weighted by atomic mass is 16.4. The van der Waals surface area contributed by atoms with Crippen molar-refractivity contribution in [2.45, 2.75) is 50.9 Å². The Balaban J connectivity index is 2.89. The summed E-state index contributed by atoms with van der Waals surface area (Å²) < 4.78 is 5.34. The third kappa shape index (κ3) is 6.00. The van der Waals surface area contributed by atoms with Crippen LogP contribution in [0.3, 0.4) is 0 Å². The van der Waals surface area contributed by atoms with E-state index in [1.54, 1.807) is 0 Å². The lowest BCUT2D eigenvalue weighted by Gasteiger charge is -2.19. The number of primary amides is 1. The Labute approximate surface area is 143 Å². The molecule has 12 heteroatoms. The van der Waals surface area contributed by atoms with E-state index in [0.717, 1.165) is 0 Å². The molecule has 1 aromatic rings. The molecule has 12 nitrogen and oxygen atoms in total. The molecule has 4 atom stereocenters. The van der Waals surface area contributed by atoms with Crippen LogP contribution in [0.1, 0.15) is 50.6 Å². The van der Waals surface area contributed by atoms with Crippen molar-refractivity contribution in [2.24, 2.45) is 11.5 Å². The quantitative estimate of drug-likeness (QED) is 0.304. The Morgan fingerprint density at radius 1 is 1.24 bits per heavy atom. The Bertz CT molecular complexity index is 618. The summed E-state index contributed by atoms with van der Waals surface area (Å²) in [5.41, 5.74) is 10.9. The number of aromatic nitrogens is 2. The van der Waals surface area contributed by atoms with E-state index < -0.39 is 42.1 Å². The second-order valence-corrected chi connectivity index (χ2v) is 5.39. The number of hydrogen-bond acceptors (Lipinski definition) is 8. The summed E-state index contributed by atoms with van der Waals surface area (Å²) >= 11 is 0. The summed E-state index contributed by atoms with van der Waals surface area (Å²) in [5, 5.41) is 30.2. The van der Waals surface area contributed by atoms with Crippen molar-refractivity contribution in [1.29, 1.82) is 0 Å². The van der Waals surface area contributed by atoms with Crippen molar-refractivity contribution in [2.75, 3.05) is 0 Å². The largest absolute Gasteiger partial charge is 0.480 e. The van der Waals surface area contributed by atoms with Gasteiger partial charge in [0.1, 0.15) is 6.04 Å². The maximum absolute atomic E-state index is 12.0. The number of amides is 3. The van der Waals surface area contributed by atoms with Gasteiger partial charge in [0.25, 0.3) is 0 Å². The second-order valence-electron chi connectivity index (χ2n) is 5.39. The lowest BCUT2D eigenvalue weighted by atomic mass is 10.2. The van der Waals surface area contributed by atoms with Gasteiger partial charge < -0.3 is 36.7 Å². The average Bonchev–Trinajstić information content (AvgIpc) is 3.00. The van der Waals surface area contributed by atoms with E-state index in [0.29, 0.717) is 6.42 Å². The lowest BCUT2D eigenvalue weighted by molar-refractivity contribution is -0.141. The molecule has 1 rings (SSSR count). The molecule has 3 amide bonds. The van der Waals surface area contributed by atoms with Crippen molar-refractivity contribution in [1.82, 2.24) is 20.8 Å². The first-order valence-electron chi connectivity index (χ1n) is 7.50. The molecule has 8 N–H and O–H groups in total. The third-order valence-electron chi connectivity index (χ3n) is 3.26. The molecule has 0 aliphatic carbocycles. The molecule has 0 fully saturated rings. The predicted octanol–water partition coefficient (Wildman–Crippen LogP) is -1.47. The lowest BCUT2D eigenvalue weighted by Crippen LogP contribution is -2.52. The van der Waals surface area contributed by atoms with Crippen LogP contribution >= 0.6 is 0 Å². The molecule has 140 valence electrons. The van der Waals surface area contributed by atoms with Crippen LogP contribution in [-0.4, -0.2) is 50.5 Å². The number of carbonyl (C=O) groups excluding carboxylic acids is 2. The van der Waals surface area contributed by atoms with Crippen molar-refractivity contribution in [3.05, 3.63) is 11.8 Å². The summed E-state index contributed by atoms with van der Waals surface area (Å²) in [5.74, 6) is -2.15. The second kappa shape index (κ2) is 8.94. The highest BCUT2D eigenvalue weighted by molar-refractivity contribution is 5.83. The van der Waals surface area contributed by atoms with Gasteiger partial charge >= 0.3 is 12.0 Å². The molecule has 0 aliphatic rings. The number of hydrogen-bond donors (Lipinski definition) is 6. The summed E-state index contributed by atoms with van der Waals surface area (Å²) in [6.45, 7) is 3.01. The Kier molecular flexibility index (Phi) is 7.26. The van der Waals surface area contributed by atoms with Crippen molar-refractivity contribution in [3.8, 4) is 0 Å². The number of aliphatic hydroxyl groups is 1. The molecular weight excluding hydrogens is 336 g/mol. The topological polar surface area (TPSA) is 207 Å². The smallest absolute Gasteiger partial charge is 0.328 e. The van der Waals surface area contributed by atoms with Gasteiger partial charge in [-0.2, -0.15) is 0 Å². The Morgan fingerprint density at radius 3 is 2.32 bits per heavy atom. The van der Waals surface area contributed by atoms with Crippen molar-refractivity contribution in [3.63, 3.8) is 0 Å². The number of urea groups is 1. The van der Waals surface area contributed by atoms with E-state index in [1.807, 2.05) is 6.92 Å². The predicted molar refractivity (Wildman–Crippen MR) is 82.8 cm³/mol. The normalized spacial score (nSPS) is 15.7. The summed E-state index contributed by atoms with van der Waals surface area (Å²) in [4.78, 5) is 34.2. The molecule has 0 aliphatic heterocycles. The van der Waals surface area contributed by atoms with E-state index in [-0.39, 0.29) is 18.2 Å². The number of nitrogens with two attached hydrogens (primary N) is 2. The molecule has 0 bridgehead atoms. The van der Waals surface area contributed by atoms with E-state index in [1.165, 1.54) is 6.92 Å². The minimum absolute atomic E-state index is 0.100. The van der Waals surface area contributed by atoms with Crippen LogP contribution in [0.15, 0.2) is 4.42 Å². The first kappa shape index (κ1) is 20.3. The number of carbonyl (C=O) groups is 3. The molecule has 0 aromatic carbocycles. The van der Waals surface area contributed by atoms with Gasteiger partial charge in [-0.15, -0.1) is 10.2 Å². The zero-order valence-electron chi connectivity index (χ0n) is 13.8. The molecule has 1 unspecified atom stereocenters. The van der Waals surface area contributed by atoms with Crippen LogP contribution in [0.4, 0.5) is 4.79 Å². The standard InChI is InChI=1S/C13H22N6O6/c1-3-6(14)10-18-19-11(25-10)7(4-8(15)21)16-13(24)17-9(5(2)20)12(22)23/h5-7,9,20H,3-4,14H2,1-2H3,(H2,15,21)(H,22,23)(H2,16,17,24)/t5?,6-,7-,9-/m0/s1. The van der Waals surface area contributed by atoms with E-state index in [9.17, 15) is 19.5 Å². The molecule has 1 aromatic heterocycles. The number of rotatable bonds is 9. The van der Waals surface area contributed by atoms with Gasteiger partial charge in [-0.3, -0.25) is 4.79 Å². The van der Waals surface area contributed by atoms with Gasteiger partial charge in [0.15, 0.2) is 6.04 Å². The van der Waals surface area contributed by atoms with Gasteiger partial charge in [-0.1, -0.05) is 6.92 Å². The fraction of sp³-hybridized carbons (Fsp3) is 0.615. The van der Waals surface area contributed by atoms with Crippen LogP contribution in [0.25, 0.3) is 0 Å². The monoisotopic (exact) mass is 358 g/mol. The minimum atomic E-state index is -1.54. The fourth-order valence-electron chi connectivity index (χ4n) is 1.84. The maximum atomic E-state index is 12.0. The first-order valence-corrected chi connectivity index (χ1v) is 7.50. The highest BCUT2D eigenvalue weighted by Crippen LogP contribution is 2.19. The summed E-state index contributed by atoms with van der Waals surface area (Å²) in [6.07, 6.45) is -1.16. The molecule has 0 saturated carbocycles. The molecular formula is C13H22N6O6. The molecule has 0 spiro atoms. The van der Waals surface area contributed by atoms with Crippen molar-refractivity contribution < 1.29 is 29.0 Å². The number of aliphatic carboxylic acids is 1. The molecule has 1 heterocycles. The van der Waals surface area contributed by atoms with Crippen LogP contribution in [0.5, 0.6) is 0 Å². The van der Waals surface area contributed by atoms with Gasteiger partial charge in [0, 0.05) is 0 Å². The Hall–Kier alpha value is -2.73. The van der Waals surface area contributed by atoms with E-state index in [4.69, 9.17) is 21.0 Å². The average molecular weight is 358 g/mol. The first-order chi connectivity index (χ1) is 11.6. The number of aliphatic hydroxyl groups excluding tert-OH is 1. The van der Waals surface area contributed by atoms with Crippen molar-refractivity contribution >= 4 is 17.9 Å². The van der Waals surface area contributed by atoms with Crippen LogP contribution in [0.2, 0.25) is 0 Å². The number of nitrogens with zero attached hydrogens (tertiary/aromatic N) is 2. The zero-order valence-corrected chi connectivity index (χ0v) is 13.8. The number of nitrogens with one attached hydrogen (secondary N) is 2. The van der Waals surface area contributed by atoms with Gasteiger partial charge in [-0.25, -0.2) is 9.59 Å². The Morgan fingerprint density at radius 2 is 1.84 bits per heavy atom. The fourth-order valence-corrected chi connectivity index (χ4v) is 1.84. The number of carboxylic acid groups (broad SMARTS) is 1. The van der Waals surface area contributed by atoms with Crippen LogP contribution in [0, 0.1) is 0 Å². The summed E-state index contributed by atoms with van der Waals surface area (Å²) in [6, 6.07) is -4.08. The van der Waals surface area contributed by atoms with Crippen LogP contribution < -0.4 is 22.1 Å². The van der Waals surface area contributed by atoms with E-state index in [2.05, 4.69) is 20.8 Å². The highest BCUT2D eigenvalue weighted by Gasteiger charge is 2.28. The third-order valence-corrected chi connectivity index (χ3v) is 3.26. The van der Waals surface area contributed by atoms with Gasteiger partial charge in [0.05, 0.1) is 18.6 Å². The molecule has 0 radical (unpaired) electrons. The minimum Gasteiger partial charge on any atom is -0.480 e. The van der Waals surface area contributed by atoms with Gasteiger partial charge in [-0.05, 0) is 13.3 Å². The van der Waals surface area contributed by atoms with E-state index >= 15 is 0 Å².